The number of nitrogens with zero attached hydrogens (tertiary/aromatic N) is 1. The highest BCUT2D eigenvalue weighted by Gasteiger charge is 2.24. The van der Waals surface area contributed by atoms with E-state index in [0.29, 0.717) is 5.75 Å². The molecular formula is C15H20ClNOS. The van der Waals surface area contributed by atoms with Crippen LogP contribution in [0.3, 0.4) is 0 Å². The monoisotopic (exact) mass is 297 g/mol. The third kappa shape index (κ3) is 3.90. The molecule has 0 aromatic heterocycles. The topological polar surface area (TPSA) is 20.3 Å². The Labute approximate surface area is 124 Å². The van der Waals surface area contributed by atoms with Crippen LogP contribution in [-0.4, -0.2) is 23.0 Å². The van der Waals surface area contributed by atoms with Gasteiger partial charge in [-0.2, -0.15) is 0 Å². The molecule has 0 fully saturated rings. The number of rotatable bonds is 2. The van der Waals surface area contributed by atoms with Gasteiger partial charge < -0.3 is 4.90 Å². The Morgan fingerprint density at radius 1 is 1.42 bits per heavy atom. The molecule has 0 aliphatic carbocycles. The number of hydrogen-bond donors (Lipinski definition) is 0. The van der Waals surface area contributed by atoms with Gasteiger partial charge in [0.15, 0.2) is 0 Å². The summed E-state index contributed by atoms with van der Waals surface area (Å²) in [5.74, 6) is 0.731. The number of fused-ring (bicyclic) bond motifs is 1. The molecule has 0 N–H and O–H groups in total. The van der Waals surface area contributed by atoms with Gasteiger partial charge in [-0.05, 0) is 36.6 Å². The molecule has 2 nitrogen and oxygen atoms in total. The van der Waals surface area contributed by atoms with E-state index in [4.69, 9.17) is 11.6 Å². The first-order chi connectivity index (χ1) is 8.87. The van der Waals surface area contributed by atoms with Crippen molar-refractivity contribution >= 4 is 35.0 Å². The van der Waals surface area contributed by atoms with E-state index in [9.17, 15) is 4.79 Å². The lowest BCUT2D eigenvalue weighted by Gasteiger charge is -2.30. The standard InChI is InChI=1S/C15H20ClNOS/c1-15(2,3)19-10-14(18)17-8-4-5-11-9-12(16)6-7-13(11)17/h6-7,9H,4-5,8,10H2,1-3H3. The van der Waals surface area contributed by atoms with Crippen LogP contribution in [0.15, 0.2) is 18.2 Å². The number of carbonyl (C=O) groups excluding carboxylic acids is 1. The molecule has 1 aromatic carbocycles. The summed E-state index contributed by atoms with van der Waals surface area (Å²) < 4.78 is 0.119. The SMILES string of the molecule is CC(C)(C)SCC(=O)N1CCCc2cc(Cl)ccc21. The van der Waals surface area contributed by atoms with E-state index in [0.717, 1.165) is 30.1 Å². The minimum atomic E-state index is 0.119. The summed E-state index contributed by atoms with van der Waals surface area (Å²) in [6.45, 7) is 7.22. The van der Waals surface area contributed by atoms with Crippen molar-refractivity contribution in [3.8, 4) is 0 Å². The molecular weight excluding hydrogens is 278 g/mol. The van der Waals surface area contributed by atoms with E-state index in [-0.39, 0.29) is 10.7 Å². The summed E-state index contributed by atoms with van der Waals surface area (Å²) in [6.07, 6.45) is 2.02. The average molecular weight is 298 g/mol. The third-order valence-electron chi connectivity index (χ3n) is 3.09. The van der Waals surface area contributed by atoms with Crippen molar-refractivity contribution in [1.29, 1.82) is 0 Å². The lowest BCUT2D eigenvalue weighted by Crippen LogP contribution is -2.37. The van der Waals surface area contributed by atoms with E-state index in [2.05, 4.69) is 20.8 Å². The molecule has 1 amide bonds. The van der Waals surface area contributed by atoms with E-state index in [1.165, 1.54) is 5.56 Å². The van der Waals surface area contributed by atoms with Gasteiger partial charge in [0, 0.05) is 22.0 Å². The predicted molar refractivity (Wildman–Crippen MR) is 84.3 cm³/mol. The average Bonchev–Trinajstić information content (AvgIpc) is 2.34. The van der Waals surface area contributed by atoms with E-state index >= 15 is 0 Å². The minimum absolute atomic E-state index is 0.119. The van der Waals surface area contributed by atoms with Crippen molar-refractivity contribution in [2.45, 2.75) is 38.4 Å². The van der Waals surface area contributed by atoms with Gasteiger partial charge in [-0.3, -0.25) is 4.79 Å². The molecule has 1 aromatic rings. The number of amides is 1. The Morgan fingerprint density at radius 2 is 2.16 bits per heavy atom. The maximum absolute atomic E-state index is 12.4. The molecule has 1 aliphatic rings. The molecule has 0 saturated heterocycles. The second-order valence-electron chi connectivity index (χ2n) is 5.82. The quantitative estimate of drug-likeness (QED) is 0.817. The number of thioether (sulfide) groups is 1. The smallest absolute Gasteiger partial charge is 0.237 e. The van der Waals surface area contributed by atoms with Crippen LogP contribution < -0.4 is 4.90 Å². The van der Waals surface area contributed by atoms with Gasteiger partial charge in [-0.1, -0.05) is 32.4 Å². The van der Waals surface area contributed by atoms with E-state index in [1.54, 1.807) is 11.8 Å². The van der Waals surface area contributed by atoms with Crippen molar-refractivity contribution in [3.05, 3.63) is 28.8 Å². The molecule has 0 radical (unpaired) electrons. The number of halogens is 1. The molecule has 2 rings (SSSR count). The van der Waals surface area contributed by atoms with Gasteiger partial charge in [0.2, 0.25) is 5.91 Å². The van der Waals surface area contributed by atoms with Crippen molar-refractivity contribution in [1.82, 2.24) is 0 Å². The van der Waals surface area contributed by atoms with Crippen LogP contribution in [0.2, 0.25) is 5.02 Å². The van der Waals surface area contributed by atoms with Gasteiger partial charge in [-0.25, -0.2) is 0 Å². The normalized spacial score (nSPS) is 15.3. The van der Waals surface area contributed by atoms with Crippen LogP contribution in [0.1, 0.15) is 32.8 Å². The first-order valence-corrected chi connectivity index (χ1v) is 7.96. The lowest BCUT2D eigenvalue weighted by atomic mass is 10.0. The van der Waals surface area contributed by atoms with Crippen molar-refractivity contribution in [2.75, 3.05) is 17.2 Å². The predicted octanol–water partition coefficient (Wildman–Crippen LogP) is 4.15. The van der Waals surface area contributed by atoms with Crippen molar-refractivity contribution in [3.63, 3.8) is 0 Å². The molecule has 0 saturated carbocycles. The largest absolute Gasteiger partial charge is 0.311 e. The van der Waals surface area contributed by atoms with Gasteiger partial charge in [-0.15, -0.1) is 11.8 Å². The number of anilines is 1. The van der Waals surface area contributed by atoms with Gasteiger partial charge in [0.05, 0.1) is 5.75 Å². The first kappa shape index (κ1) is 14.7. The zero-order valence-electron chi connectivity index (χ0n) is 11.7. The maximum Gasteiger partial charge on any atom is 0.237 e. The summed E-state index contributed by atoms with van der Waals surface area (Å²) in [6, 6.07) is 5.81. The third-order valence-corrected chi connectivity index (χ3v) is 4.58. The molecule has 0 unspecified atom stereocenters. The molecule has 4 heteroatoms. The molecule has 1 heterocycles. The Balaban J connectivity index is 2.13. The second-order valence-corrected chi connectivity index (χ2v) is 8.06. The van der Waals surface area contributed by atoms with Gasteiger partial charge in [0.25, 0.3) is 0 Å². The number of hydrogen-bond acceptors (Lipinski definition) is 2. The number of aryl methyl sites for hydroxylation is 1. The Morgan fingerprint density at radius 3 is 2.84 bits per heavy atom. The highest BCUT2D eigenvalue weighted by atomic mass is 35.5. The maximum atomic E-state index is 12.4. The highest BCUT2D eigenvalue weighted by Crippen LogP contribution is 2.31. The summed E-state index contributed by atoms with van der Waals surface area (Å²) in [7, 11) is 0. The van der Waals surface area contributed by atoms with Crippen LogP contribution in [0, 0.1) is 0 Å². The number of carbonyl (C=O) groups is 1. The number of benzene rings is 1. The molecule has 104 valence electrons. The zero-order chi connectivity index (χ0) is 14.0. The summed E-state index contributed by atoms with van der Waals surface area (Å²) in [4.78, 5) is 14.3. The Hall–Kier alpha value is -0.670. The molecule has 1 aliphatic heterocycles. The van der Waals surface area contributed by atoms with Crippen molar-refractivity contribution < 1.29 is 4.79 Å². The fourth-order valence-corrected chi connectivity index (χ4v) is 3.09. The van der Waals surface area contributed by atoms with E-state index in [1.807, 2.05) is 23.1 Å². The van der Waals surface area contributed by atoms with Crippen LogP contribution in [0.5, 0.6) is 0 Å². The molecule has 0 spiro atoms. The lowest BCUT2D eigenvalue weighted by molar-refractivity contribution is -0.116. The second kappa shape index (κ2) is 5.76. The fourth-order valence-electron chi connectivity index (χ4n) is 2.18. The zero-order valence-corrected chi connectivity index (χ0v) is 13.3. The molecule has 19 heavy (non-hydrogen) atoms. The van der Waals surface area contributed by atoms with Crippen LogP contribution in [0.4, 0.5) is 5.69 Å². The summed E-state index contributed by atoms with van der Waals surface area (Å²) in [5, 5.41) is 0.747. The Bertz CT molecular complexity index is 482. The van der Waals surface area contributed by atoms with Gasteiger partial charge in [0.1, 0.15) is 0 Å². The minimum Gasteiger partial charge on any atom is -0.311 e. The Kier molecular flexibility index (Phi) is 4.46. The fraction of sp³-hybridized carbons (Fsp3) is 0.533. The molecule has 0 bridgehead atoms. The highest BCUT2D eigenvalue weighted by molar-refractivity contribution is 8.01. The van der Waals surface area contributed by atoms with Crippen molar-refractivity contribution in [2.24, 2.45) is 0 Å². The first-order valence-electron chi connectivity index (χ1n) is 6.59. The van der Waals surface area contributed by atoms with Crippen LogP contribution in [-0.2, 0) is 11.2 Å². The summed E-state index contributed by atoms with van der Waals surface area (Å²) >= 11 is 7.71. The summed E-state index contributed by atoms with van der Waals surface area (Å²) in [5.41, 5.74) is 2.23. The van der Waals surface area contributed by atoms with Crippen LogP contribution in [0.25, 0.3) is 0 Å². The van der Waals surface area contributed by atoms with Crippen LogP contribution >= 0.6 is 23.4 Å². The molecule has 0 atom stereocenters. The van der Waals surface area contributed by atoms with Gasteiger partial charge >= 0.3 is 0 Å². The van der Waals surface area contributed by atoms with E-state index < -0.39 is 0 Å².